The molecule has 0 amide bonds. The van der Waals surface area contributed by atoms with Crippen LogP contribution in [-0.2, 0) is 0 Å². The molecule has 2 rings (SSSR count). The monoisotopic (exact) mass is 203 g/mol. The van der Waals surface area contributed by atoms with Gasteiger partial charge in [0.15, 0.2) is 0 Å². The number of carbonyl (C=O) groups is 1. The number of nitrogens with zero attached hydrogens (tertiary/aromatic N) is 3. The molecule has 76 valence electrons. The predicted molar refractivity (Wildman–Crippen MR) is 53.2 cm³/mol. The smallest absolute Gasteiger partial charge is 0.354 e. The Hall–Kier alpha value is -2.30. The second-order valence-electron chi connectivity index (χ2n) is 2.43. The molecule has 1 N–H and O–H groups in total. The molecule has 0 atom stereocenters. The summed E-state index contributed by atoms with van der Waals surface area (Å²) in [6, 6.07) is 8.41. The zero-order chi connectivity index (χ0) is 10.9. The van der Waals surface area contributed by atoms with E-state index in [2.05, 4.69) is 15.2 Å². The van der Waals surface area contributed by atoms with Crippen LogP contribution >= 0.6 is 0 Å². The third kappa shape index (κ3) is 4.47. The lowest BCUT2D eigenvalue weighted by Gasteiger charge is -1.87. The quantitative estimate of drug-likeness (QED) is 0.754. The molecule has 2 aromatic heterocycles. The largest absolute Gasteiger partial charge is 0.477 e. The minimum absolute atomic E-state index is 0.0810. The summed E-state index contributed by atoms with van der Waals surface area (Å²) in [4.78, 5) is 13.7. The third-order valence-corrected chi connectivity index (χ3v) is 1.37. The van der Waals surface area contributed by atoms with Crippen molar-refractivity contribution < 1.29 is 9.90 Å². The van der Waals surface area contributed by atoms with E-state index in [4.69, 9.17) is 5.11 Å². The maximum Gasteiger partial charge on any atom is 0.354 e. The first kappa shape index (κ1) is 10.8. The Labute approximate surface area is 86.4 Å². The lowest BCUT2D eigenvalue weighted by molar-refractivity contribution is 0.0690. The van der Waals surface area contributed by atoms with Gasteiger partial charge in [0.05, 0.1) is 0 Å². The number of pyridine rings is 1. The van der Waals surface area contributed by atoms with Gasteiger partial charge in [-0.05, 0) is 24.3 Å². The molecule has 0 spiro atoms. The normalized spacial score (nSPS) is 8.53. The SMILES string of the molecule is O=C(O)c1ccccn1.c1ccnnc1. The van der Waals surface area contributed by atoms with Crippen molar-refractivity contribution in [3.63, 3.8) is 0 Å². The van der Waals surface area contributed by atoms with Crippen LogP contribution in [-0.4, -0.2) is 26.3 Å². The molecule has 2 heterocycles. The minimum Gasteiger partial charge on any atom is -0.477 e. The van der Waals surface area contributed by atoms with Gasteiger partial charge in [0.1, 0.15) is 5.69 Å². The van der Waals surface area contributed by atoms with Crippen molar-refractivity contribution in [2.45, 2.75) is 0 Å². The molecule has 5 nitrogen and oxygen atoms in total. The van der Waals surface area contributed by atoms with Gasteiger partial charge in [0, 0.05) is 18.6 Å². The molecule has 0 aliphatic carbocycles. The maximum absolute atomic E-state index is 10.1. The fourth-order valence-corrected chi connectivity index (χ4v) is 0.743. The Bertz CT molecular complexity index is 365. The highest BCUT2D eigenvalue weighted by Gasteiger charge is 1.98. The Morgan fingerprint density at radius 1 is 1.00 bits per heavy atom. The summed E-state index contributed by atoms with van der Waals surface area (Å²) in [5, 5.41) is 15.4. The van der Waals surface area contributed by atoms with Crippen molar-refractivity contribution >= 4 is 5.97 Å². The van der Waals surface area contributed by atoms with Gasteiger partial charge in [-0.25, -0.2) is 9.78 Å². The lowest BCUT2D eigenvalue weighted by atomic mass is 10.4. The Morgan fingerprint density at radius 3 is 1.87 bits per heavy atom. The zero-order valence-corrected chi connectivity index (χ0v) is 7.82. The van der Waals surface area contributed by atoms with Crippen LogP contribution in [0.15, 0.2) is 48.9 Å². The summed E-state index contributed by atoms with van der Waals surface area (Å²) in [7, 11) is 0. The molecule has 15 heavy (non-hydrogen) atoms. The van der Waals surface area contributed by atoms with Gasteiger partial charge in [-0.2, -0.15) is 10.2 Å². The number of hydrogen-bond donors (Lipinski definition) is 1. The highest BCUT2D eigenvalue weighted by atomic mass is 16.4. The van der Waals surface area contributed by atoms with E-state index in [0.717, 1.165) is 0 Å². The van der Waals surface area contributed by atoms with E-state index in [0.29, 0.717) is 0 Å². The highest BCUT2D eigenvalue weighted by Crippen LogP contribution is 1.90. The standard InChI is InChI=1S/C6H5NO2.C4H4N2/c8-6(9)5-3-1-2-4-7-5;1-2-4-6-5-3-1/h1-4H,(H,8,9);1-4H. The predicted octanol–water partition coefficient (Wildman–Crippen LogP) is 1.26. The van der Waals surface area contributed by atoms with E-state index in [9.17, 15) is 4.79 Å². The summed E-state index contributed by atoms with van der Waals surface area (Å²) in [6.45, 7) is 0. The third-order valence-electron chi connectivity index (χ3n) is 1.37. The van der Waals surface area contributed by atoms with Crippen molar-refractivity contribution in [2.24, 2.45) is 0 Å². The summed E-state index contributed by atoms with van der Waals surface area (Å²) >= 11 is 0. The first-order valence-electron chi connectivity index (χ1n) is 4.16. The van der Waals surface area contributed by atoms with Crippen LogP contribution in [0.1, 0.15) is 10.5 Å². The van der Waals surface area contributed by atoms with E-state index in [1.54, 1.807) is 24.5 Å². The van der Waals surface area contributed by atoms with Gasteiger partial charge < -0.3 is 5.11 Å². The van der Waals surface area contributed by atoms with E-state index >= 15 is 0 Å². The summed E-state index contributed by atoms with van der Waals surface area (Å²) < 4.78 is 0. The zero-order valence-electron chi connectivity index (χ0n) is 7.82. The van der Waals surface area contributed by atoms with Gasteiger partial charge in [0.2, 0.25) is 0 Å². The van der Waals surface area contributed by atoms with Gasteiger partial charge >= 0.3 is 5.97 Å². The van der Waals surface area contributed by atoms with Crippen molar-refractivity contribution in [2.75, 3.05) is 0 Å². The number of carboxylic acids is 1. The summed E-state index contributed by atoms with van der Waals surface area (Å²) in [6.07, 6.45) is 4.73. The molecule has 0 saturated heterocycles. The van der Waals surface area contributed by atoms with Crippen LogP contribution in [0.2, 0.25) is 0 Å². The van der Waals surface area contributed by atoms with E-state index in [1.165, 1.54) is 12.3 Å². The van der Waals surface area contributed by atoms with Crippen molar-refractivity contribution in [1.29, 1.82) is 0 Å². The Kier molecular flexibility index (Phi) is 4.45. The van der Waals surface area contributed by atoms with E-state index < -0.39 is 5.97 Å². The second-order valence-corrected chi connectivity index (χ2v) is 2.43. The fourth-order valence-electron chi connectivity index (χ4n) is 0.743. The van der Waals surface area contributed by atoms with E-state index in [1.807, 2.05) is 12.1 Å². The van der Waals surface area contributed by atoms with Crippen LogP contribution in [0.3, 0.4) is 0 Å². The van der Waals surface area contributed by atoms with Crippen LogP contribution < -0.4 is 0 Å². The number of aromatic nitrogens is 3. The minimum atomic E-state index is -0.990. The van der Waals surface area contributed by atoms with Gasteiger partial charge in [-0.3, -0.25) is 0 Å². The van der Waals surface area contributed by atoms with Crippen molar-refractivity contribution in [3.8, 4) is 0 Å². The molecule has 5 heteroatoms. The first-order chi connectivity index (χ1) is 7.30. The molecule has 0 bridgehead atoms. The average Bonchev–Trinajstić information content (AvgIpc) is 2.33. The molecule has 0 unspecified atom stereocenters. The molecule has 0 aromatic carbocycles. The van der Waals surface area contributed by atoms with Crippen LogP contribution in [0.25, 0.3) is 0 Å². The number of carboxylic acid groups (broad SMARTS) is 1. The maximum atomic E-state index is 10.1. The molecular formula is C10H9N3O2. The number of hydrogen-bond acceptors (Lipinski definition) is 4. The highest BCUT2D eigenvalue weighted by molar-refractivity contribution is 5.85. The molecule has 0 aliphatic rings. The molecule has 0 aliphatic heterocycles. The molecule has 0 radical (unpaired) electrons. The van der Waals surface area contributed by atoms with Gasteiger partial charge in [-0.1, -0.05) is 6.07 Å². The number of aromatic carboxylic acids is 1. The van der Waals surface area contributed by atoms with Crippen LogP contribution in [0, 0.1) is 0 Å². The fraction of sp³-hybridized carbons (Fsp3) is 0. The van der Waals surface area contributed by atoms with Crippen molar-refractivity contribution in [3.05, 3.63) is 54.6 Å². The second kappa shape index (κ2) is 6.20. The topological polar surface area (TPSA) is 76.0 Å². The van der Waals surface area contributed by atoms with Crippen molar-refractivity contribution in [1.82, 2.24) is 15.2 Å². The average molecular weight is 203 g/mol. The molecule has 0 fully saturated rings. The molecular weight excluding hydrogens is 194 g/mol. The summed E-state index contributed by atoms with van der Waals surface area (Å²) in [5.41, 5.74) is 0.0810. The number of rotatable bonds is 1. The lowest BCUT2D eigenvalue weighted by Crippen LogP contribution is -1.97. The van der Waals surface area contributed by atoms with Gasteiger partial charge in [-0.15, -0.1) is 0 Å². The Balaban J connectivity index is 0.000000162. The van der Waals surface area contributed by atoms with Crippen LogP contribution in [0.4, 0.5) is 0 Å². The van der Waals surface area contributed by atoms with Gasteiger partial charge in [0.25, 0.3) is 0 Å². The van der Waals surface area contributed by atoms with E-state index in [-0.39, 0.29) is 5.69 Å². The first-order valence-corrected chi connectivity index (χ1v) is 4.16. The molecule has 0 saturated carbocycles. The molecule has 2 aromatic rings. The Morgan fingerprint density at radius 2 is 1.60 bits per heavy atom. The summed E-state index contributed by atoms with van der Waals surface area (Å²) in [5.74, 6) is -0.990. The van der Waals surface area contributed by atoms with Crippen LogP contribution in [0.5, 0.6) is 0 Å².